The van der Waals surface area contributed by atoms with Crippen LogP contribution in [-0.4, -0.2) is 39.0 Å². The second-order valence-electron chi connectivity index (χ2n) is 4.04. The normalized spacial score (nSPS) is 17.2. The fourth-order valence-corrected chi connectivity index (χ4v) is 1.91. The van der Waals surface area contributed by atoms with Crippen LogP contribution in [-0.2, 0) is 17.9 Å². The van der Waals surface area contributed by atoms with Crippen LogP contribution >= 0.6 is 0 Å². The Hall–Kier alpha value is -1.89. The molecule has 0 saturated heterocycles. The molecule has 0 saturated carbocycles. The first-order chi connectivity index (χ1) is 8.08. The Balaban J connectivity index is 2.00. The first kappa shape index (κ1) is 11.6. The summed E-state index contributed by atoms with van der Waals surface area (Å²) in [6, 6.07) is -1.21. The molecule has 3 amide bonds. The van der Waals surface area contributed by atoms with Crippen LogP contribution in [0.1, 0.15) is 12.7 Å². The zero-order valence-electron chi connectivity index (χ0n) is 9.59. The maximum absolute atomic E-state index is 11.6. The molecule has 2 heterocycles. The maximum atomic E-state index is 11.6. The van der Waals surface area contributed by atoms with Gasteiger partial charge in [0.15, 0.2) is 0 Å². The lowest BCUT2D eigenvalue weighted by Gasteiger charge is -2.31. The molecule has 2 rings (SSSR count). The third-order valence-electron chi connectivity index (χ3n) is 2.95. The largest absolute Gasteiger partial charge is 0.351 e. The van der Waals surface area contributed by atoms with Crippen LogP contribution in [0.25, 0.3) is 0 Å². The summed E-state index contributed by atoms with van der Waals surface area (Å²) in [4.78, 5) is 28.4. The summed E-state index contributed by atoms with van der Waals surface area (Å²) in [5.74, 6) is 0.549. The monoisotopic (exact) mass is 237 g/mol. The van der Waals surface area contributed by atoms with Gasteiger partial charge >= 0.3 is 6.03 Å². The van der Waals surface area contributed by atoms with Gasteiger partial charge in [0.2, 0.25) is 5.91 Å². The highest BCUT2D eigenvalue weighted by Crippen LogP contribution is 2.13. The van der Waals surface area contributed by atoms with Gasteiger partial charge < -0.3 is 10.3 Å². The Morgan fingerprint density at radius 3 is 3.00 bits per heavy atom. The molecule has 0 aromatic carbocycles. The number of fused-ring (bicyclic) bond motifs is 1. The van der Waals surface area contributed by atoms with Crippen molar-refractivity contribution in [3.8, 4) is 0 Å². The predicted molar refractivity (Wildman–Crippen MR) is 59.8 cm³/mol. The Labute approximate surface area is 98.6 Å². The van der Waals surface area contributed by atoms with Crippen LogP contribution in [0, 0.1) is 0 Å². The molecular weight excluding hydrogens is 222 g/mol. The Kier molecular flexibility index (Phi) is 3.10. The molecule has 0 spiro atoms. The highest BCUT2D eigenvalue weighted by Gasteiger charge is 2.26. The van der Waals surface area contributed by atoms with E-state index in [1.54, 1.807) is 13.1 Å². The first-order valence-corrected chi connectivity index (χ1v) is 5.42. The van der Waals surface area contributed by atoms with E-state index in [2.05, 4.69) is 14.9 Å². The number of amides is 3. The van der Waals surface area contributed by atoms with Crippen molar-refractivity contribution in [3.05, 3.63) is 18.2 Å². The van der Waals surface area contributed by atoms with Crippen LogP contribution in [0.3, 0.4) is 0 Å². The molecule has 3 N–H and O–H groups in total. The molecule has 7 heteroatoms. The number of hydrogen-bond donors (Lipinski definition) is 2. The van der Waals surface area contributed by atoms with Gasteiger partial charge in [-0.15, -0.1) is 0 Å². The zero-order valence-corrected chi connectivity index (χ0v) is 9.59. The Morgan fingerprint density at radius 1 is 1.53 bits per heavy atom. The Morgan fingerprint density at radius 2 is 2.29 bits per heavy atom. The summed E-state index contributed by atoms with van der Waals surface area (Å²) in [7, 11) is 0. The minimum atomic E-state index is -0.819. The standard InChI is InChI=1S/C10H15N5O2/c1-7(9(16)13-10(11)17)15-5-4-14-3-2-12-8(14)6-15/h2-3,7H,4-6H2,1H3,(H3,11,13,16,17). The predicted octanol–water partition coefficient (Wildman–Crippen LogP) is -0.718. The van der Waals surface area contributed by atoms with Crippen molar-refractivity contribution in [2.75, 3.05) is 6.54 Å². The second kappa shape index (κ2) is 4.54. The first-order valence-electron chi connectivity index (χ1n) is 5.42. The number of rotatable bonds is 2. The van der Waals surface area contributed by atoms with E-state index in [1.165, 1.54) is 0 Å². The summed E-state index contributed by atoms with van der Waals surface area (Å²) < 4.78 is 2.05. The highest BCUT2D eigenvalue weighted by atomic mass is 16.2. The van der Waals surface area contributed by atoms with Crippen molar-refractivity contribution in [3.63, 3.8) is 0 Å². The van der Waals surface area contributed by atoms with E-state index >= 15 is 0 Å². The second-order valence-corrected chi connectivity index (χ2v) is 4.04. The van der Waals surface area contributed by atoms with E-state index in [4.69, 9.17) is 5.73 Å². The number of hydrogen-bond acceptors (Lipinski definition) is 4. The van der Waals surface area contributed by atoms with Crippen LogP contribution in [0.5, 0.6) is 0 Å². The molecule has 0 bridgehead atoms. The Bertz CT molecular complexity index is 442. The van der Waals surface area contributed by atoms with Gasteiger partial charge in [-0.3, -0.25) is 15.0 Å². The average molecular weight is 237 g/mol. The van der Waals surface area contributed by atoms with Crippen molar-refractivity contribution in [1.82, 2.24) is 19.8 Å². The zero-order chi connectivity index (χ0) is 12.4. The number of carbonyl (C=O) groups excluding carboxylic acids is 2. The third kappa shape index (κ3) is 2.44. The van der Waals surface area contributed by atoms with Gasteiger partial charge in [0.1, 0.15) is 5.82 Å². The molecule has 92 valence electrons. The number of imide groups is 1. The van der Waals surface area contributed by atoms with Crippen molar-refractivity contribution < 1.29 is 9.59 Å². The highest BCUT2D eigenvalue weighted by molar-refractivity contribution is 5.96. The van der Waals surface area contributed by atoms with Crippen molar-refractivity contribution in [1.29, 1.82) is 0 Å². The quantitative estimate of drug-likeness (QED) is 0.710. The number of urea groups is 1. The smallest absolute Gasteiger partial charge is 0.318 e. The number of nitrogens with one attached hydrogen (secondary N) is 1. The minimum absolute atomic E-state index is 0.377. The number of aromatic nitrogens is 2. The molecule has 0 radical (unpaired) electrons. The van der Waals surface area contributed by atoms with E-state index in [9.17, 15) is 9.59 Å². The maximum Gasteiger partial charge on any atom is 0.318 e. The molecule has 0 fully saturated rings. The van der Waals surface area contributed by atoms with E-state index in [0.717, 1.165) is 18.9 Å². The summed E-state index contributed by atoms with van der Waals surface area (Å²) in [6.45, 7) is 3.89. The lowest BCUT2D eigenvalue weighted by molar-refractivity contribution is -0.125. The molecule has 1 aliphatic heterocycles. The van der Waals surface area contributed by atoms with Gasteiger partial charge in [-0.25, -0.2) is 9.78 Å². The summed E-state index contributed by atoms with van der Waals surface area (Å²) >= 11 is 0. The molecule has 1 aromatic heterocycles. The van der Waals surface area contributed by atoms with Crippen molar-refractivity contribution in [2.24, 2.45) is 5.73 Å². The molecular formula is C10H15N5O2. The van der Waals surface area contributed by atoms with Gasteiger partial charge in [0.25, 0.3) is 0 Å². The van der Waals surface area contributed by atoms with Crippen LogP contribution in [0.2, 0.25) is 0 Å². The number of primary amides is 1. The molecule has 1 unspecified atom stereocenters. The number of imidazole rings is 1. The molecule has 17 heavy (non-hydrogen) atoms. The fraction of sp³-hybridized carbons (Fsp3) is 0.500. The van der Waals surface area contributed by atoms with E-state index in [-0.39, 0.29) is 5.91 Å². The number of carbonyl (C=O) groups is 2. The van der Waals surface area contributed by atoms with Gasteiger partial charge in [0.05, 0.1) is 12.6 Å². The molecule has 0 aliphatic carbocycles. The lowest BCUT2D eigenvalue weighted by Crippen LogP contribution is -2.50. The summed E-state index contributed by atoms with van der Waals surface area (Å²) in [6.07, 6.45) is 3.66. The molecule has 1 aromatic rings. The molecule has 1 aliphatic rings. The fourth-order valence-electron chi connectivity index (χ4n) is 1.91. The van der Waals surface area contributed by atoms with Gasteiger partial charge in [-0.2, -0.15) is 0 Å². The van der Waals surface area contributed by atoms with Crippen LogP contribution in [0.15, 0.2) is 12.4 Å². The average Bonchev–Trinajstić information content (AvgIpc) is 2.73. The minimum Gasteiger partial charge on any atom is -0.351 e. The van der Waals surface area contributed by atoms with E-state index in [1.807, 2.05) is 11.1 Å². The number of nitrogens with two attached hydrogens (primary N) is 1. The lowest BCUT2D eigenvalue weighted by atomic mass is 10.2. The molecule has 1 atom stereocenters. The van der Waals surface area contributed by atoms with Crippen molar-refractivity contribution >= 4 is 11.9 Å². The van der Waals surface area contributed by atoms with Gasteiger partial charge in [0, 0.05) is 25.5 Å². The van der Waals surface area contributed by atoms with Gasteiger partial charge in [-0.1, -0.05) is 0 Å². The van der Waals surface area contributed by atoms with Gasteiger partial charge in [-0.05, 0) is 6.92 Å². The summed E-state index contributed by atoms with van der Waals surface area (Å²) in [5, 5.41) is 2.09. The topological polar surface area (TPSA) is 93.2 Å². The van der Waals surface area contributed by atoms with Crippen LogP contribution in [0.4, 0.5) is 4.79 Å². The SMILES string of the molecule is CC(C(=O)NC(N)=O)N1CCn2ccnc2C1. The van der Waals surface area contributed by atoms with E-state index in [0.29, 0.717) is 6.54 Å². The van der Waals surface area contributed by atoms with E-state index < -0.39 is 12.1 Å². The van der Waals surface area contributed by atoms with Crippen LogP contribution < -0.4 is 11.1 Å². The van der Waals surface area contributed by atoms with Crippen molar-refractivity contribution in [2.45, 2.75) is 26.1 Å². The summed E-state index contributed by atoms with van der Waals surface area (Å²) in [5.41, 5.74) is 4.91. The molecule has 7 nitrogen and oxygen atoms in total. The third-order valence-corrected chi connectivity index (χ3v) is 2.95. The number of nitrogens with zero attached hydrogens (tertiary/aromatic N) is 3.